The number of anilines is 1. The van der Waals surface area contributed by atoms with E-state index in [-0.39, 0.29) is 43.0 Å². The summed E-state index contributed by atoms with van der Waals surface area (Å²) in [6, 6.07) is 22.4. The number of amides is 2. The van der Waals surface area contributed by atoms with Gasteiger partial charge in [0, 0.05) is 30.7 Å². The van der Waals surface area contributed by atoms with Crippen molar-refractivity contribution in [3.05, 3.63) is 72.8 Å². The van der Waals surface area contributed by atoms with E-state index in [2.05, 4.69) is 5.32 Å². The van der Waals surface area contributed by atoms with Crippen molar-refractivity contribution in [2.75, 3.05) is 37.7 Å². The maximum Gasteiger partial charge on any atom is 0.250 e. The van der Waals surface area contributed by atoms with Crippen molar-refractivity contribution in [1.82, 2.24) is 14.5 Å². The largest absolute Gasteiger partial charge is 0.355 e. The second-order valence-corrected chi connectivity index (χ2v) is 11.2. The molecule has 2 aliphatic heterocycles. The Labute approximate surface area is 211 Å². The van der Waals surface area contributed by atoms with Crippen molar-refractivity contribution in [2.24, 2.45) is 0 Å². The van der Waals surface area contributed by atoms with Gasteiger partial charge in [-0.05, 0) is 43.4 Å². The van der Waals surface area contributed by atoms with E-state index in [1.165, 1.54) is 4.31 Å². The summed E-state index contributed by atoms with van der Waals surface area (Å²) in [7, 11) is -3.75. The fourth-order valence-electron chi connectivity index (χ4n) is 5.40. The van der Waals surface area contributed by atoms with Gasteiger partial charge in [0.25, 0.3) is 0 Å². The third-order valence-electron chi connectivity index (χ3n) is 7.21. The van der Waals surface area contributed by atoms with Gasteiger partial charge in [-0.3, -0.25) is 9.59 Å². The molecule has 2 heterocycles. The Kier molecular flexibility index (Phi) is 6.44. The highest BCUT2D eigenvalue weighted by Crippen LogP contribution is 2.40. The van der Waals surface area contributed by atoms with Gasteiger partial charge in [-0.25, -0.2) is 8.42 Å². The average molecular weight is 507 g/mol. The highest BCUT2D eigenvalue weighted by molar-refractivity contribution is 7.89. The van der Waals surface area contributed by atoms with E-state index < -0.39 is 15.6 Å². The van der Waals surface area contributed by atoms with Gasteiger partial charge < -0.3 is 15.1 Å². The molecule has 188 valence electrons. The number of hydrogen-bond acceptors (Lipinski definition) is 5. The van der Waals surface area contributed by atoms with Gasteiger partial charge in [0.15, 0.2) is 0 Å². The standard InChI is InChI=1S/C27H30N4O4S/c1-2-28-25(32)19-29-20-31(22-11-4-3-5-12-22)27(26(29)33)15-17-30(18-16-27)36(34,35)24-14-8-10-21-9-6-7-13-23(21)24/h3-14H,2,15-20H2,1H3,(H,28,32). The number of para-hydroxylation sites is 1. The van der Waals surface area contributed by atoms with Crippen molar-refractivity contribution in [1.29, 1.82) is 0 Å². The summed E-state index contributed by atoms with van der Waals surface area (Å²) in [5.41, 5.74) is -0.00636. The van der Waals surface area contributed by atoms with Crippen LogP contribution in [-0.2, 0) is 19.6 Å². The van der Waals surface area contributed by atoms with Crippen molar-refractivity contribution >= 4 is 38.3 Å². The maximum atomic E-state index is 13.7. The molecular formula is C27H30N4O4S. The van der Waals surface area contributed by atoms with Crippen LogP contribution in [0.5, 0.6) is 0 Å². The lowest BCUT2D eigenvalue weighted by atomic mass is 9.86. The van der Waals surface area contributed by atoms with Crippen LogP contribution >= 0.6 is 0 Å². The number of piperidine rings is 1. The molecule has 0 aliphatic carbocycles. The Hall–Kier alpha value is -3.43. The number of benzene rings is 3. The Bertz CT molecular complexity index is 1380. The van der Waals surface area contributed by atoms with Crippen LogP contribution in [0.2, 0.25) is 0 Å². The number of carbonyl (C=O) groups is 2. The molecule has 9 heteroatoms. The molecule has 8 nitrogen and oxygen atoms in total. The Morgan fingerprint density at radius 3 is 2.33 bits per heavy atom. The van der Waals surface area contributed by atoms with Crippen LogP contribution in [0.3, 0.4) is 0 Å². The number of nitrogens with zero attached hydrogens (tertiary/aromatic N) is 3. The predicted molar refractivity (Wildman–Crippen MR) is 139 cm³/mol. The number of rotatable bonds is 6. The summed E-state index contributed by atoms with van der Waals surface area (Å²) in [5.74, 6) is -0.327. The van der Waals surface area contributed by atoms with Crippen LogP contribution in [0.15, 0.2) is 77.7 Å². The second kappa shape index (κ2) is 9.55. The van der Waals surface area contributed by atoms with Crippen LogP contribution < -0.4 is 10.2 Å². The third-order valence-corrected chi connectivity index (χ3v) is 9.16. The maximum absolute atomic E-state index is 13.7. The van der Waals surface area contributed by atoms with E-state index in [0.29, 0.717) is 24.8 Å². The minimum atomic E-state index is -3.75. The minimum absolute atomic E-state index is 0.0181. The first-order chi connectivity index (χ1) is 17.4. The number of carbonyl (C=O) groups excluding carboxylic acids is 2. The summed E-state index contributed by atoms with van der Waals surface area (Å²) in [6.07, 6.45) is 0.688. The van der Waals surface area contributed by atoms with Gasteiger partial charge in [-0.1, -0.05) is 54.6 Å². The van der Waals surface area contributed by atoms with E-state index in [9.17, 15) is 18.0 Å². The molecule has 2 aliphatic rings. The monoisotopic (exact) mass is 506 g/mol. The molecule has 5 rings (SSSR count). The first kappa shape index (κ1) is 24.3. The molecule has 2 fully saturated rings. The molecular weight excluding hydrogens is 476 g/mol. The smallest absolute Gasteiger partial charge is 0.250 e. The van der Waals surface area contributed by atoms with Crippen LogP contribution in [0.1, 0.15) is 19.8 Å². The third kappa shape index (κ3) is 4.12. The fraction of sp³-hybridized carbons (Fsp3) is 0.333. The molecule has 0 radical (unpaired) electrons. The molecule has 0 saturated carbocycles. The molecule has 36 heavy (non-hydrogen) atoms. The minimum Gasteiger partial charge on any atom is -0.355 e. The molecule has 1 spiro atoms. The zero-order chi connectivity index (χ0) is 25.3. The van der Waals surface area contributed by atoms with Crippen LogP contribution in [0, 0.1) is 0 Å². The number of nitrogens with one attached hydrogen (secondary N) is 1. The van der Waals surface area contributed by atoms with Crippen molar-refractivity contribution in [3.8, 4) is 0 Å². The highest BCUT2D eigenvalue weighted by Gasteiger charge is 2.55. The van der Waals surface area contributed by atoms with Crippen molar-refractivity contribution in [2.45, 2.75) is 30.2 Å². The van der Waals surface area contributed by atoms with Crippen LogP contribution in [0.4, 0.5) is 5.69 Å². The quantitative estimate of drug-likeness (QED) is 0.555. The fourth-order valence-corrected chi connectivity index (χ4v) is 7.06. The van der Waals surface area contributed by atoms with E-state index in [1.807, 2.05) is 72.5 Å². The lowest BCUT2D eigenvalue weighted by molar-refractivity contribution is -0.137. The van der Waals surface area contributed by atoms with Gasteiger partial charge in [0.2, 0.25) is 21.8 Å². The molecule has 1 N–H and O–H groups in total. The molecule has 0 aromatic heterocycles. The predicted octanol–water partition coefficient (Wildman–Crippen LogP) is 2.81. The number of sulfonamides is 1. The molecule has 2 saturated heterocycles. The summed E-state index contributed by atoms with van der Waals surface area (Å²) < 4.78 is 28.9. The van der Waals surface area contributed by atoms with Crippen LogP contribution in [0.25, 0.3) is 10.8 Å². The molecule has 0 atom stereocenters. The summed E-state index contributed by atoms with van der Waals surface area (Å²) in [4.78, 5) is 29.9. The molecule has 3 aromatic rings. The number of fused-ring (bicyclic) bond motifs is 1. The number of likely N-dealkylation sites (N-methyl/N-ethyl adjacent to an activating group) is 1. The zero-order valence-electron chi connectivity index (χ0n) is 20.3. The van der Waals surface area contributed by atoms with Gasteiger partial charge in [-0.2, -0.15) is 4.31 Å². The lowest BCUT2D eigenvalue weighted by Crippen LogP contribution is -2.57. The van der Waals surface area contributed by atoms with E-state index in [0.717, 1.165) is 11.1 Å². The lowest BCUT2D eigenvalue weighted by Gasteiger charge is -2.42. The van der Waals surface area contributed by atoms with Crippen molar-refractivity contribution < 1.29 is 18.0 Å². The van der Waals surface area contributed by atoms with Gasteiger partial charge in [-0.15, -0.1) is 0 Å². The SMILES string of the molecule is CCNC(=O)CN1CN(c2ccccc2)C2(CCN(S(=O)(=O)c3cccc4ccccc34)CC2)C1=O. The Balaban J connectivity index is 1.43. The van der Waals surface area contributed by atoms with Crippen molar-refractivity contribution in [3.63, 3.8) is 0 Å². The zero-order valence-corrected chi connectivity index (χ0v) is 21.1. The number of hydrogen-bond donors (Lipinski definition) is 1. The second-order valence-electron chi connectivity index (χ2n) is 9.27. The molecule has 2 amide bonds. The van der Waals surface area contributed by atoms with Gasteiger partial charge in [0.1, 0.15) is 12.1 Å². The topological polar surface area (TPSA) is 90.0 Å². The van der Waals surface area contributed by atoms with Crippen LogP contribution in [-0.4, -0.2) is 67.8 Å². The van der Waals surface area contributed by atoms with E-state index in [4.69, 9.17) is 0 Å². The highest BCUT2D eigenvalue weighted by atomic mass is 32.2. The molecule has 0 bridgehead atoms. The molecule has 3 aromatic carbocycles. The van der Waals surface area contributed by atoms with Gasteiger partial charge >= 0.3 is 0 Å². The summed E-state index contributed by atoms with van der Waals surface area (Å²) >= 11 is 0. The Morgan fingerprint density at radius 1 is 0.944 bits per heavy atom. The van der Waals surface area contributed by atoms with E-state index in [1.54, 1.807) is 17.0 Å². The average Bonchev–Trinajstić information content (AvgIpc) is 3.15. The normalized spacial score (nSPS) is 18.2. The molecule has 0 unspecified atom stereocenters. The summed E-state index contributed by atoms with van der Waals surface area (Å²) in [5, 5.41) is 4.32. The van der Waals surface area contributed by atoms with Gasteiger partial charge in [0.05, 0.1) is 11.6 Å². The first-order valence-corrected chi connectivity index (χ1v) is 13.7. The Morgan fingerprint density at radius 2 is 1.61 bits per heavy atom. The van der Waals surface area contributed by atoms with E-state index >= 15 is 0 Å². The summed E-state index contributed by atoms with van der Waals surface area (Å²) in [6.45, 7) is 3.04. The first-order valence-electron chi connectivity index (χ1n) is 12.2.